The van der Waals surface area contributed by atoms with Gasteiger partial charge in [0.25, 0.3) is 0 Å². The van der Waals surface area contributed by atoms with Crippen molar-refractivity contribution in [2.75, 3.05) is 56.2 Å². The molecule has 4 aromatic rings. The summed E-state index contributed by atoms with van der Waals surface area (Å²) in [6, 6.07) is 8.67. The van der Waals surface area contributed by atoms with Crippen molar-refractivity contribution < 1.29 is 37.7 Å². The zero-order valence-corrected chi connectivity index (χ0v) is 45.1. The van der Waals surface area contributed by atoms with Crippen molar-refractivity contribution in [2.45, 2.75) is 168 Å². The molecule has 1 N–H and O–H groups in total. The first-order valence-electron chi connectivity index (χ1n) is 25.9. The SMILES string of the molecule is CC(C)[Si](C#Cc1cccc2cc(NC(=O)OC(C)(C)C)cc(-c3nc4c5c(nc(OCC6(CN7CCOCC7)CC6)nc5c3F)N3C[C@H]5CC[C@@H]([C@H]3[C@H](C)O4)N5C(=O)OC(C)(C)C)c12)(C(C)C)C(C)C. The maximum absolute atomic E-state index is 18.5. The van der Waals surface area contributed by atoms with E-state index in [-0.39, 0.29) is 52.7 Å². The number of ether oxygens (including phenoxy) is 5. The summed E-state index contributed by atoms with van der Waals surface area (Å²) < 4.78 is 49.4. The van der Waals surface area contributed by atoms with Gasteiger partial charge in [-0.15, -0.1) is 5.54 Å². The van der Waals surface area contributed by atoms with Gasteiger partial charge in [-0.05, 0) is 114 Å². The van der Waals surface area contributed by atoms with Gasteiger partial charge in [-0.1, -0.05) is 59.6 Å². The molecular formula is C55H74FN7O7Si. The van der Waals surface area contributed by atoms with Crippen LogP contribution in [0, 0.1) is 22.7 Å². The van der Waals surface area contributed by atoms with E-state index in [4.69, 9.17) is 38.6 Å². The molecule has 0 unspecified atom stereocenters. The zero-order valence-electron chi connectivity index (χ0n) is 44.1. The van der Waals surface area contributed by atoms with Crippen molar-refractivity contribution in [2.24, 2.45) is 5.41 Å². The maximum Gasteiger partial charge on any atom is 0.412 e. The summed E-state index contributed by atoms with van der Waals surface area (Å²) in [6.07, 6.45) is 1.95. The standard InChI is InChI=1S/C55H74FN7O7Si/c1-32(2)71(33(3)4,34(5)6)26-19-36-15-14-16-37-27-38(57-51(64)69-53(8,9)10)28-40(42(36)37)45-44(56)46-43-48(60-50(59-46)67-31-55(20-21-55)30-61-22-24-66-25-23-61)62-29-39-17-18-41(47(62)35(7)68-49(43)58-45)63(39)52(65)70-54(11,12)13/h14-16,27-28,32-35,39,41,47H,17-18,20-25,29-31H2,1-13H3,(H,57,64)/t35-,39+,41-,47+/m0/s1. The van der Waals surface area contributed by atoms with Crippen LogP contribution in [0.3, 0.4) is 0 Å². The van der Waals surface area contributed by atoms with Gasteiger partial charge >= 0.3 is 18.2 Å². The number of hydrogen-bond acceptors (Lipinski definition) is 12. The van der Waals surface area contributed by atoms with Crippen LogP contribution in [0.4, 0.5) is 25.5 Å². The van der Waals surface area contributed by atoms with Crippen LogP contribution < -0.4 is 19.7 Å². The summed E-state index contributed by atoms with van der Waals surface area (Å²) in [7, 11) is -2.23. The predicted octanol–water partition coefficient (Wildman–Crippen LogP) is 11.1. The molecule has 2 aromatic carbocycles. The van der Waals surface area contributed by atoms with Gasteiger partial charge in [-0.3, -0.25) is 15.1 Å². The molecule has 4 atom stereocenters. The lowest BCUT2D eigenvalue weighted by atomic mass is 9.95. The highest BCUT2D eigenvalue weighted by Gasteiger charge is 2.54. The van der Waals surface area contributed by atoms with Gasteiger partial charge in [-0.25, -0.2) is 19.0 Å². The Bertz CT molecular complexity index is 2750. The van der Waals surface area contributed by atoms with E-state index in [1.165, 1.54) is 0 Å². The molecule has 2 aromatic heterocycles. The van der Waals surface area contributed by atoms with Crippen LogP contribution in [0.1, 0.15) is 121 Å². The summed E-state index contributed by atoms with van der Waals surface area (Å²) in [6.45, 7) is 31.5. The topological polar surface area (TPSA) is 141 Å². The first-order valence-corrected chi connectivity index (χ1v) is 28.1. The van der Waals surface area contributed by atoms with Crippen molar-refractivity contribution in [3.8, 4) is 34.6 Å². The molecule has 16 heteroatoms. The number of pyridine rings is 1. The summed E-state index contributed by atoms with van der Waals surface area (Å²) in [5.74, 6) is 3.60. The molecule has 6 heterocycles. The highest BCUT2D eigenvalue weighted by atomic mass is 28.3. The van der Waals surface area contributed by atoms with Crippen LogP contribution in [-0.2, 0) is 14.2 Å². The maximum atomic E-state index is 18.5. The molecule has 71 heavy (non-hydrogen) atoms. The van der Waals surface area contributed by atoms with E-state index < -0.39 is 37.3 Å². The average molecular weight is 992 g/mol. The summed E-state index contributed by atoms with van der Waals surface area (Å²) in [5.41, 5.74) is 5.02. The fraction of sp³-hybridized carbons (Fsp3) is 0.618. The number of carbonyl (C=O) groups is 2. The van der Waals surface area contributed by atoms with Gasteiger partial charge in [0.15, 0.2) is 5.82 Å². The second-order valence-corrected chi connectivity index (χ2v) is 29.2. The number of aromatic nitrogens is 3. The minimum atomic E-state index is -2.23. The van der Waals surface area contributed by atoms with Gasteiger partial charge in [0.2, 0.25) is 5.88 Å². The van der Waals surface area contributed by atoms with Crippen molar-refractivity contribution in [3.63, 3.8) is 0 Å². The lowest BCUT2D eigenvalue weighted by molar-refractivity contribution is 0.000914. The normalized spacial score (nSPS) is 22.0. The number of halogens is 1. The van der Waals surface area contributed by atoms with Gasteiger partial charge in [0, 0.05) is 53.8 Å². The molecule has 9 rings (SSSR count). The molecule has 0 radical (unpaired) electrons. The second-order valence-electron chi connectivity index (χ2n) is 23.7. The second kappa shape index (κ2) is 19.0. The number of nitrogens with zero attached hydrogens (tertiary/aromatic N) is 6. The minimum absolute atomic E-state index is 0.00543. The fourth-order valence-electron chi connectivity index (χ4n) is 12.1. The first-order chi connectivity index (χ1) is 33.5. The van der Waals surface area contributed by atoms with E-state index in [2.05, 4.69) is 68.1 Å². The highest BCUT2D eigenvalue weighted by Crippen LogP contribution is 2.50. The molecule has 382 valence electrons. The van der Waals surface area contributed by atoms with Crippen LogP contribution in [-0.4, -0.2) is 126 Å². The predicted molar refractivity (Wildman–Crippen MR) is 279 cm³/mol. The third-order valence-corrected chi connectivity index (χ3v) is 21.6. The van der Waals surface area contributed by atoms with Crippen molar-refractivity contribution in [1.29, 1.82) is 0 Å². The number of carbonyl (C=O) groups excluding carboxylic acids is 2. The Balaban J connectivity index is 1.23. The molecular weight excluding hydrogens is 918 g/mol. The average Bonchev–Trinajstić information content (AvgIpc) is 3.99. The third-order valence-electron chi connectivity index (χ3n) is 15.4. The molecule has 5 aliphatic rings. The number of fused-ring (bicyclic) bond motifs is 6. The third kappa shape index (κ3) is 9.99. The number of benzene rings is 2. The molecule has 1 saturated carbocycles. The van der Waals surface area contributed by atoms with Crippen LogP contribution >= 0.6 is 0 Å². The van der Waals surface area contributed by atoms with Crippen LogP contribution in [0.5, 0.6) is 11.9 Å². The Morgan fingerprint density at radius 3 is 2.27 bits per heavy atom. The van der Waals surface area contributed by atoms with E-state index in [0.29, 0.717) is 70.8 Å². The Kier molecular flexibility index (Phi) is 13.6. The smallest absolute Gasteiger partial charge is 0.412 e. The Morgan fingerprint density at radius 1 is 0.930 bits per heavy atom. The van der Waals surface area contributed by atoms with E-state index in [1.54, 1.807) is 26.8 Å². The van der Waals surface area contributed by atoms with E-state index in [0.717, 1.165) is 56.3 Å². The lowest BCUT2D eigenvalue weighted by Gasteiger charge is -2.48. The van der Waals surface area contributed by atoms with Crippen LogP contribution in [0.15, 0.2) is 30.3 Å². The number of anilines is 2. The Labute approximate surface area is 420 Å². The molecule has 4 fully saturated rings. The van der Waals surface area contributed by atoms with Gasteiger partial charge in [-0.2, -0.15) is 9.97 Å². The summed E-state index contributed by atoms with van der Waals surface area (Å²) in [4.78, 5) is 49.1. The van der Waals surface area contributed by atoms with E-state index >= 15 is 4.39 Å². The van der Waals surface area contributed by atoms with Gasteiger partial charge in [0.1, 0.15) is 47.8 Å². The van der Waals surface area contributed by atoms with Crippen LogP contribution in [0.2, 0.25) is 16.6 Å². The van der Waals surface area contributed by atoms with Crippen molar-refractivity contribution in [1.82, 2.24) is 24.8 Å². The zero-order chi connectivity index (χ0) is 50.9. The summed E-state index contributed by atoms with van der Waals surface area (Å²) in [5, 5.41) is 4.66. The quantitative estimate of drug-likeness (QED) is 0.119. The molecule has 2 bridgehead atoms. The first kappa shape index (κ1) is 50.7. The molecule has 0 spiro atoms. The molecule has 2 amide bonds. The largest absolute Gasteiger partial charge is 0.472 e. The Morgan fingerprint density at radius 2 is 1.62 bits per heavy atom. The molecule has 3 saturated heterocycles. The molecule has 14 nitrogen and oxygen atoms in total. The number of amides is 2. The Hall–Kier alpha value is -5.24. The highest BCUT2D eigenvalue weighted by molar-refractivity contribution is 6.90. The number of rotatable bonds is 10. The molecule has 1 aliphatic carbocycles. The number of hydrogen-bond donors (Lipinski definition) is 1. The van der Waals surface area contributed by atoms with Crippen LogP contribution in [0.25, 0.3) is 32.9 Å². The number of piperazine rings is 1. The lowest BCUT2D eigenvalue weighted by Crippen LogP contribution is -2.65. The summed E-state index contributed by atoms with van der Waals surface area (Å²) >= 11 is 0. The van der Waals surface area contributed by atoms with Gasteiger partial charge in [0.05, 0.1) is 37.9 Å². The fourth-order valence-corrected chi connectivity index (χ4v) is 17.3. The van der Waals surface area contributed by atoms with Gasteiger partial charge < -0.3 is 28.6 Å². The molecule has 4 aliphatic heterocycles. The number of morpholine rings is 1. The van der Waals surface area contributed by atoms with Crippen molar-refractivity contribution >= 4 is 53.4 Å². The van der Waals surface area contributed by atoms with E-state index in [1.807, 2.05) is 56.9 Å². The van der Waals surface area contributed by atoms with Crippen molar-refractivity contribution in [3.05, 3.63) is 41.7 Å². The number of nitrogens with one attached hydrogen (secondary N) is 1. The monoisotopic (exact) mass is 992 g/mol. The minimum Gasteiger partial charge on any atom is -0.472 e. The van der Waals surface area contributed by atoms with E-state index in [9.17, 15) is 9.59 Å².